The monoisotopic (exact) mass is 286 g/mol. The van der Waals surface area contributed by atoms with Crippen LogP contribution in [-0.2, 0) is 4.74 Å². The van der Waals surface area contributed by atoms with Crippen LogP contribution in [0.5, 0.6) is 0 Å². The van der Waals surface area contributed by atoms with E-state index in [2.05, 4.69) is 15.0 Å². The molecule has 3 rings (SSSR count). The maximum Gasteiger partial charge on any atom is 0.167 e. The van der Waals surface area contributed by atoms with Crippen molar-refractivity contribution in [1.29, 1.82) is 0 Å². The van der Waals surface area contributed by atoms with Gasteiger partial charge in [0.25, 0.3) is 0 Å². The first kappa shape index (κ1) is 12.7. The molecular formula is C10H11ClN4O4. The Balaban J connectivity index is 2.04. The van der Waals surface area contributed by atoms with Gasteiger partial charge in [-0.15, -0.1) is 0 Å². The van der Waals surface area contributed by atoms with Crippen LogP contribution in [0.1, 0.15) is 6.23 Å². The Morgan fingerprint density at radius 3 is 2.74 bits per heavy atom. The molecule has 2 aromatic heterocycles. The molecule has 3 heterocycles. The highest BCUT2D eigenvalue weighted by Crippen LogP contribution is 2.31. The second kappa shape index (κ2) is 4.66. The number of aliphatic hydroxyl groups is 3. The number of hydrogen-bond acceptors (Lipinski definition) is 7. The Bertz CT molecular complexity index is 606. The summed E-state index contributed by atoms with van der Waals surface area (Å²) in [6.07, 6.45) is -1.44. The molecule has 1 aliphatic heterocycles. The maximum atomic E-state index is 9.95. The average molecular weight is 287 g/mol. The molecule has 1 fully saturated rings. The largest absolute Gasteiger partial charge is 0.394 e. The van der Waals surface area contributed by atoms with Crippen molar-refractivity contribution < 1.29 is 20.1 Å². The summed E-state index contributed by atoms with van der Waals surface area (Å²) in [7, 11) is 0. The van der Waals surface area contributed by atoms with Crippen LogP contribution in [0.3, 0.4) is 0 Å². The van der Waals surface area contributed by atoms with Crippen LogP contribution in [0.4, 0.5) is 0 Å². The van der Waals surface area contributed by atoms with Gasteiger partial charge in [-0.1, -0.05) is 11.6 Å². The first-order chi connectivity index (χ1) is 9.13. The van der Waals surface area contributed by atoms with Gasteiger partial charge in [-0.3, -0.25) is 4.57 Å². The third-order valence-corrected chi connectivity index (χ3v) is 3.38. The quantitative estimate of drug-likeness (QED) is 0.613. The molecule has 3 N–H and O–H groups in total. The Kier molecular flexibility index (Phi) is 3.11. The van der Waals surface area contributed by atoms with Gasteiger partial charge in [-0.25, -0.2) is 15.0 Å². The minimum Gasteiger partial charge on any atom is -0.394 e. The molecule has 102 valence electrons. The van der Waals surface area contributed by atoms with Gasteiger partial charge in [0.05, 0.1) is 12.9 Å². The fraction of sp³-hybridized carbons (Fsp3) is 0.500. The number of ether oxygens (including phenoxy) is 1. The Morgan fingerprint density at radius 1 is 1.26 bits per heavy atom. The number of aromatic nitrogens is 4. The third-order valence-electron chi connectivity index (χ3n) is 3.11. The third kappa shape index (κ3) is 1.88. The number of hydrogen-bond donors (Lipinski definition) is 3. The Morgan fingerprint density at radius 2 is 2.05 bits per heavy atom. The normalized spacial score (nSPS) is 31.2. The maximum absolute atomic E-state index is 9.95. The van der Waals surface area contributed by atoms with E-state index in [0.29, 0.717) is 11.2 Å². The predicted octanol–water partition coefficient (Wildman–Crippen LogP) is -0.909. The van der Waals surface area contributed by atoms with Crippen molar-refractivity contribution in [1.82, 2.24) is 19.5 Å². The van der Waals surface area contributed by atoms with E-state index in [1.54, 1.807) is 0 Å². The van der Waals surface area contributed by atoms with Crippen molar-refractivity contribution >= 4 is 22.8 Å². The molecule has 0 amide bonds. The summed E-state index contributed by atoms with van der Waals surface area (Å²) in [5.41, 5.74) is 0.761. The fourth-order valence-corrected chi connectivity index (χ4v) is 2.30. The number of aliphatic hydroxyl groups excluding tert-OH is 3. The first-order valence-corrected chi connectivity index (χ1v) is 5.96. The standard InChI is InChI=1S/C10H11ClN4O4/c11-8-5-9(13-2-12-8)15(3-14-5)10-7(18)6(17)4(1-16)19-10/h2-4,6-7,10,16-18H,1H2/t4-,6?,7?,10-/m1/s1. The molecule has 1 saturated heterocycles. The lowest BCUT2D eigenvalue weighted by Gasteiger charge is -2.16. The number of rotatable bonds is 2. The summed E-state index contributed by atoms with van der Waals surface area (Å²) in [5.74, 6) is 0. The van der Waals surface area contributed by atoms with Crippen LogP contribution in [0.15, 0.2) is 12.7 Å². The number of nitrogens with zero attached hydrogens (tertiary/aromatic N) is 4. The highest BCUT2D eigenvalue weighted by atomic mass is 35.5. The zero-order valence-electron chi connectivity index (χ0n) is 9.59. The molecule has 1 aliphatic rings. The van der Waals surface area contributed by atoms with Gasteiger partial charge in [0.15, 0.2) is 17.0 Å². The molecule has 4 atom stereocenters. The van der Waals surface area contributed by atoms with Gasteiger partial charge in [-0.05, 0) is 0 Å². The summed E-state index contributed by atoms with van der Waals surface area (Å²) in [4.78, 5) is 11.9. The van der Waals surface area contributed by atoms with Gasteiger partial charge in [-0.2, -0.15) is 0 Å². The van der Waals surface area contributed by atoms with Crippen molar-refractivity contribution in [2.45, 2.75) is 24.5 Å². The Labute approximate surface area is 112 Å². The van der Waals surface area contributed by atoms with Crippen molar-refractivity contribution in [3.05, 3.63) is 17.8 Å². The molecule has 19 heavy (non-hydrogen) atoms. The van der Waals surface area contributed by atoms with Crippen molar-refractivity contribution in [3.63, 3.8) is 0 Å². The van der Waals surface area contributed by atoms with E-state index in [1.807, 2.05) is 0 Å². The van der Waals surface area contributed by atoms with E-state index in [9.17, 15) is 10.2 Å². The van der Waals surface area contributed by atoms with E-state index in [-0.39, 0.29) is 5.15 Å². The van der Waals surface area contributed by atoms with Crippen LogP contribution in [0, 0.1) is 0 Å². The summed E-state index contributed by atoms with van der Waals surface area (Å²) in [6.45, 7) is -0.392. The molecule has 0 radical (unpaired) electrons. The summed E-state index contributed by atoms with van der Waals surface area (Å²) in [5, 5.41) is 28.9. The van der Waals surface area contributed by atoms with E-state index in [0.717, 1.165) is 0 Å². The number of imidazole rings is 1. The molecule has 0 bridgehead atoms. The van der Waals surface area contributed by atoms with E-state index in [4.69, 9.17) is 21.4 Å². The van der Waals surface area contributed by atoms with Crippen LogP contribution in [0.2, 0.25) is 5.15 Å². The fourth-order valence-electron chi connectivity index (χ4n) is 2.12. The SMILES string of the molecule is OC[C@H]1O[C@@H](n2cnc3c(Cl)ncnc32)C(O)C1O. The van der Waals surface area contributed by atoms with E-state index in [1.165, 1.54) is 17.2 Å². The minimum absolute atomic E-state index is 0.190. The van der Waals surface area contributed by atoms with E-state index >= 15 is 0 Å². The van der Waals surface area contributed by atoms with Crippen molar-refractivity contribution in [2.75, 3.05) is 6.61 Å². The molecule has 0 aromatic carbocycles. The second-order valence-electron chi connectivity index (χ2n) is 4.22. The average Bonchev–Trinajstić information content (AvgIpc) is 2.94. The van der Waals surface area contributed by atoms with Gasteiger partial charge in [0, 0.05) is 0 Å². The second-order valence-corrected chi connectivity index (χ2v) is 4.58. The highest BCUT2D eigenvalue weighted by molar-refractivity contribution is 6.33. The van der Waals surface area contributed by atoms with Crippen molar-refractivity contribution in [2.24, 2.45) is 0 Å². The summed E-state index contributed by atoms with van der Waals surface area (Å²) in [6, 6.07) is 0. The number of halogens is 1. The zero-order chi connectivity index (χ0) is 13.6. The topological polar surface area (TPSA) is 114 Å². The highest BCUT2D eigenvalue weighted by Gasteiger charge is 2.43. The van der Waals surface area contributed by atoms with Crippen molar-refractivity contribution in [3.8, 4) is 0 Å². The van der Waals surface area contributed by atoms with Gasteiger partial charge < -0.3 is 20.1 Å². The zero-order valence-corrected chi connectivity index (χ0v) is 10.3. The van der Waals surface area contributed by atoms with E-state index < -0.39 is 31.1 Å². The van der Waals surface area contributed by atoms with Crippen LogP contribution in [-0.4, -0.2) is 59.8 Å². The lowest BCUT2D eigenvalue weighted by atomic mass is 10.1. The first-order valence-electron chi connectivity index (χ1n) is 5.59. The number of fused-ring (bicyclic) bond motifs is 1. The molecular weight excluding hydrogens is 276 g/mol. The Hall–Kier alpha value is -1.32. The van der Waals surface area contributed by atoms with Crippen LogP contribution >= 0.6 is 11.6 Å². The predicted molar refractivity (Wildman–Crippen MR) is 63.3 cm³/mol. The molecule has 0 spiro atoms. The van der Waals surface area contributed by atoms with Crippen LogP contribution < -0.4 is 0 Å². The van der Waals surface area contributed by atoms with Gasteiger partial charge >= 0.3 is 0 Å². The smallest absolute Gasteiger partial charge is 0.167 e. The lowest BCUT2D eigenvalue weighted by molar-refractivity contribution is -0.0511. The molecule has 2 aromatic rings. The lowest BCUT2D eigenvalue weighted by Crippen LogP contribution is -2.33. The molecule has 8 nitrogen and oxygen atoms in total. The van der Waals surface area contributed by atoms with Gasteiger partial charge in [0.1, 0.15) is 30.2 Å². The molecule has 9 heteroatoms. The molecule has 0 saturated carbocycles. The molecule has 0 aliphatic carbocycles. The summed E-state index contributed by atoms with van der Waals surface area (Å²) < 4.78 is 6.85. The van der Waals surface area contributed by atoms with Crippen LogP contribution in [0.25, 0.3) is 11.2 Å². The molecule has 2 unspecified atom stereocenters. The minimum atomic E-state index is -1.19. The van der Waals surface area contributed by atoms with Gasteiger partial charge in [0.2, 0.25) is 0 Å². The summed E-state index contributed by atoms with van der Waals surface area (Å²) >= 11 is 5.88.